The lowest BCUT2D eigenvalue weighted by atomic mass is 9.93. The van der Waals surface area contributed by atoms with Crippen molar-refractivity contribution in [2.75, 3.05) is 0 Å². The van der Waals surface area contributed by atoms with Gasteiger partial charge in [-0.2, -0.15) is 0 Å². The van der Waals surface area contributed by atoms with Crippen LogP contribution in [0.5, 0.6) is 0 Å². The van der Waals surface area contributed by atoms with E-state index >= 15 is 0 Å². The largest absolute Gasteiger partial charge is 0.308 e. The maximum Gasteiger partial charge on any atom is 0.113 e. The molecule has 0 saturated carbocycles. The second kappa shape index (κ2) is 4.89. The Balaban J connectivity index is 1.80. The molecule has 0 aliphatic heterocycles. The Labute approximate surface area is 152 Å². The van der Waals surface area contributed by atoms with Crippen molar-refractivity contribution >= 4 is 51.4 Å². The number of rotatable bonds is 1. The van der Waals surface area contributed by atoms with Crippen LogP contribution in [0, 0.1) is 0 Å². The van der Waals surface area contributed by atoms with E-state index in [0.717, 1.165) is 5.46 Å². The first-order chi connectivity index (χ1) is 12.8. The second-order valence-corrected chi connectivity index (χ2v) is 6.91. The molecule has 0 spiro atoms. The number of aromatic nitrogens is 1. The molecule has 6 rings (SSSR count). The highest BCUT2D eigenvalue weighted by Crippen LogP contribution is 2.39. The molecular weight excluding hydrogens is 313 g/mol. The van der Waals surface area contributed by atoms with Gasteiger partial charge in [-0.15, -0.1) is 0 Å². The lowest BCUT2D eigenvalue weighted by molar-refractivity contribution is 1.37. The normalized spacial score (nSPS) is 12.0. The van der Waals surface area contributed by atoms with E-state index in [0.29, 0.717) is 0 Å². The van der Waals surface area contributed by atoms with Crippen LogP contribution in [0.1, 0.15) is 0 Å². The molecule has 2 aromatic heterocycles. The lowest BCUT2D eigenvalue weighted by Crippen LogP contribution is -1.99. The number of hydrogen-bond donors (Lipinski definition) is 0. The summed E-state index contributed by atoms with van der Waals surface area (Å²) >= 11 is 0. The van der Waals surface area contributed by atoms with E-state index in [4.69, 9.17) is 7.85 Å². The van der Waals surface area contributed by atoms with Gasteiger partial charge < -0.3 is 4.40 Å². The van der Waals surface area contributed by atoms with Crippen LogP contribution in [0.15, 0.2) is 84.9 Å². The van der Waals surface area contributed by atoms with Crippen molar-refractivity contribution in [3.8, 4) is 11.1 Å². The average Bonchev–Trinajstić information content (AvgIpc) is 3.20. The first-order valence-corrected chi connectivity index (χ1v) is 8.84. The average molecular weight is 327 g/mol. The van der Waals surface area contributed by atoms with E-state index in [1.54, 1.807) is 0 Å². The third-order valence-electron chi connectivity index (χ3n) is 5.47. The smallest absolute Gasteiger partial charge is 0.113 e. The van der Waals surface area contributed by atoms with Crippen LogP contribution in [0.4, 0.5) is 0 Å². The third-order valence-corrected chi connectivity index (χ3v) is 5.47. The molecule has 0 amide bonds. The van der Waals surface area contributed by atoms with Gasteiger partial charge >= 0.3 is 0 Å². The van der Waals surface area contributed by atoms with Crippen LogP contribution in [0.3, 0.4) is 0 Å². The number of hydrogen-bond acceptors (Lipinski definition) is 0. The van der Waals surface area contributed by atoms with Gasteiger partial charge in [0, 0.05) is 21.5 Å². The van der Waals surface area contributed by atoms with Crippen molar-refractivity contribution in [2.24, 2.45) is 0 Å². The fraction of sp³-hybridized carbons (Fsp3) is 0. The molecule has 2 radical (unpaired) electrons. The molecule has 0 bridgehead atoms. The Kier molecular flexibility index (Phi) is 2.63. The first kappa shape index (κ1) is 14.0. The number of para-hydroxylation sites is 2. The van der Waals surface area contributed by atoms with Crippen molar-refractivity contribution in [3.63, 3.8) is 0 Å². The summed E-state index contributed by atoms with van der Waals surface area (Å²) in [5, 5.41) is 5.25. The second-order valence-electron chi connectivity index (χ2n) is 6.91. The minimum Gasteiger partial charge on any atom is -0.308 e. The predicted octanol–water partition coefficient (Wildman–Crippen LogP) is 5.30. The van der Waals surface area contributed by atoms with E-state index in [1.165, 1.54) is 49.2 Å². The fourth-order valence-corrected chi connectivity index (χ4v) is 4.29. The highest BCUT2D eigenvalue weighted by atomic mass is 14.9. The van der Waals surface area contributed by atoms with E-state index < -0.39 is 0 Å². The molecule has 4 aromatic carbocycles. The van der Waals surface area contributed by atoms with Crippen molar-refractivity contribution < 1.29 is 0 Å². The molecule has 0 atom stereocenters. The van der Waals surface area contributed by atoms with Gasteiger partial charge in [-0.3, -0.25) is 0 Å². The molecule has 1 nitrogen and oxygen atoms in total. The molecule has 0 N–H and O–H groups in total. The zero-order valence-corrected chi connectivity index (χ0v) is 14.1. The van der Waals surface area contributed by atoms with E-state index in [9.17, 15) is 0 Å². The molecule has 2 heteroatoms. The van der Waals surface area contributed by atoms with Gasteiger partial charge in [0.05, 0.1) is 16.6 Å². The third kappa shape index (κ3) is 1.71. The highest BCUT2D eigenvalue weighted by molar-refractivity contribution is 6.32. The van der Waals surface area contributed by atoms with E-state index in [1.807, 2.05) is 12.1 Å². The quantitative estimate of drug-likeness (QED) is 0.361. The van der Waals surface area contributed by atoms with Gasteiger partial charge in [-0.25, -0.2) is 0 Å². The molecule has 0 aliphatic carbocycles. The summed E-state index contributed by atoms with van der Waals surface area (Å²) in [4.78, 5) is 0. The van der Waals surface area contributed by atoms with Gasteiger partial charge in [0.1, 0.15) is 7.85 Å². The minimum absolute atomic E-state index is 0.792. The predicted molar refractivity (Wildman–Crippen MR) is 112 cm³/mol. The van der Waals surface area contributed by atoms with Crippen molar-refractivity contribution in [1.82, 2.24) is 4.40 Å². The maximum absolute atomic E-state index is 5.85. The summed E-state index contributed by atoms with van der Waals surface area (Å²) in [6, 6.07) is 30.1. The van der Waals surface area contributed by atoms with Crippen molar-refractivity contribution in [1.29, 1.82) is 0 Å². The number of nitrogens with zero attached hydrogens (tertiary/aromatic N) is 1. The van der Waals surface area contributed by atoms with Crippen LogP contribution >= 0.6 is 0 Å². The maximum atomic E-state index is 5.85. The van der Waals surface area contributed by atoms with E-state index in [-0.39, 0.29) is 0 Å². The summed E-state index contributed by atoms with van der Waals surface area (Å²) in [5.74, 6) is 0. The summed E-state index contributed by atoms with van der Waals surface area (Å²) < 4.78 is 2.41. The van der Waals surface area contributed by atoms with Crippen molar-refractivity contribution in [2.45, 2.75) is 0 Å². The number of fused-ring (bicyclic) bond motifs is 6. The van der Waals surface area contributed by atoms with Gasteiger partial charge in [-0.1, -0.05) is 78.3 Å². The zero-order valence-electron chi connectivity index (χ0n) is 14.1. The molecule has 0 fully saturated rings. The Hall–Kier alpha value is -3.26. The molecule has 0 saturated heterocycles. The Morgan fingerprint density at radius 3 is 2.00 bits per heavy atom. The standard InChI is InChI=1S/C24H14BN/c25-17-11-8-15(9-12-17)16-10-13-19-21-6-3-5-20-18-4-1-2-7-22(18)26(24(20)21)23(19)14-16/h1-14H. The van der Waals surface area contributed by atoms with E-state index in [2.05, 4.69) is 77.2 Å². The molecule has 6 aromatic rings. The van der Waals surface area contributed by atoms with Crippen LogP contribution in [0.25, 0.3) is 49.2 Å². The van der Waals surface area contributed by atoms with Crippen molar-refractivity contribution in [3.05, 3.63) is 84.9 Å². The summed E-state index contributed by atoms with van der Waals surface area (Å²) in [7, 11) is 5.85. The van der Waals surface area contributed by atoms with Gasteiger partial charge in [0.15, 0.2) is 0 Å². The Morgan fingerprint density at radius 2 is 1.19 bits per heavy atom. The Bertz CT molecular complexity index is 1420. The SMILES string of the molecule is [B]c1ccc(-c2ccc3c4cccc5c6ccccc6n(c3c2)c54)cc1. The molecule has 2 heterocycles. The summed E-state index contributed by atoms with van der Waals surface area (Å²) in [6.07, 6.45) is 0. The minimum atomic E-state index is 0.792. The Morgan fingerprint density at radius 1 is 0.538 bits per heavy atom. The van der Waals surface area contributed by atoms with Crippen LogP contribution in [-0.2, 0) is 0 Å². The first-order valence-electron chi connectivity index (χ1n) is 8.84. The zero-order chi connectivity index (χ0) is 17.3. The summed E-state index contributed by atoms with van der Waals surface area (Å²) in [5.41, 5.74) is 7.03. The topological polar surface area (TPSA) is 4.41 Å². The van der Waals surface area contributed by atoms with Gasteiger partial charge in [-0.05, 0) is 23.3 Å². The summed E-state index contributed by atoms with van der Waals surface area (Å²) in [6.45, 7) is 0. The molecule has 0 aliphatic rings. The van der Waals surface area contributed by atoms with Crippen LogP contribution in [0.2, 0.25) is 0 Å². The van der Waals surface area contributed by atoms with Gasteiger partial charge in [0.2, 0.25) is 0 Å². The van der Waals surface area contributed by atoms with Crippen LogP contribution < -0.4 is 5.46 Å². The molecule has 118 valence electrons. The monoisotopic (exact) mass is 327 g/mol. The molecule has 0 unspecified atom stereocenters. The molecular formula is C24H14BN. The fourth-order valence-electron chi connectivity index (χ4n) is 4.29. The number of benzene rings is 4. The van der Waals surface area contributed by atoms with Crippen LogP contribution in [-0.4, -0.2) is 12.2 Å². The lowest BCUT2D eigenvalue weighted by Gasteiger charge is -2.04. The molecule has 26 heavy (non-hydrogen) atoms. The highest BCUT2D eigenvalue weighted by Gasteiger charge is 2.16. The van der Waals surface area contributed by atoms with Gasteiger partial charge in [0.25, 0.3) is 0 Å².